The van der Waals surface area contributed by atoms with E-state index in [0.29, 0.717) is 37.3 Å². The van der Waals surface area contributed by atoms with Crippen LogP contribution in [0.5, 0.6) is 0 Å². The van der Waals surface area contributed by atoms with Gasteiger partial charge >= 0.3 is 5.97 Å². The van der Waals surface area contributed by atoms with Gasteiger partial charge in [0.2, 0.25) is 17.7 Å². The standard InChI is InChI=1S/C23H41N7O5S/c1-14(2)10-16(25)20(31)30-19(11-15-12-26-13-27-15)22(33)28-17(7-9-36-3)21(32)29-18(23(34)35)6-4-5-8-24/h12-14,16-19H,4-11,24-25H2,1-3H3,(H,26,27)(H,28,33)(H,29,32)(H,30,31)(H,34,35). The van der Waals surface area contributed by atoms with Gasteiger partial charge in [-0.3, -0.25) is 14.4 Å². The van der Waals surface area contributed by atoms with Gasteiger partial charge in [-0.15, -0.1) is 0 Å². The maximum atomic E-state index is 13.2. The molecule has 0 spiro atoms. The second-order valence-corrected chi connectivity index (χ2v) is 10.1. The minimum Gasteiger partial charge on any atom is -0.480 e. The van der Waals surface area contributed by atoms with Crippen molar-refractivity contribution >= 4 is 35.5 Å². The van der Waals surface area contributed by atoms with Crippen molar-refractivity contribution in [1.29, 1.82) is 0 Å². The Labute approximate surface area is 216 Å². The number of hydrogen-bond acceptors (Lipinski definition) is 8. The van der Waals surface area contributed by atoms with E-state index in [-0.39, 0.29) is 25.2 Å². The van der Waals surface area contributed by atoms with Gasteiger partial charge in [-0.2, -0.15) is 11.8 Å². The summed E-state index contributed by atoms with van der Waals surface area (Å²) in [5, 5.41) is 17.4. The minimum atomic E-state index is -1.15. The number of nitrogens with zero attached hydrogens (tertiary/aromatic N) is 1. The number of nitrogens with one attached hydrogen (secondary N) is 4. The molecule has 0 aromatic carbocycles. The van der Waals surface area contributed by atoms with E-state index in [2.05, 4.69) is 25.9 Å². The van der Waals surface area contributed by atoms with Gasteiger partial charge in [0.1, 0.15) is 18.1 Å². The highest BCUT2D eigenvalue weighted by atomic mass is 32.2. The number of carboxylic acids is 1. The normalized spacial score (nSPS) is 14.5. The first kappa shape index (κ1) is 31.4. The number of aromatic amines is 1. The summed E-state index contributed by atoms with van der Waals surface area (Å²) >= 11 is 1.49. The summed E-state index contributed by atoms with van der Waals surface area (Å²) < 4.78 is 0. The number of carbonyl (C=O) groups excluding carboxylic acids is 3. The van der Waals surface area contributed by atoms with Crippen LogP contribution < -0.4 is 27.4 Å². The van der Waals surface area contributed by atoms with Crippen LogP contribution in [0.2, 0.25) is 0 Å². The number of nitrogens with two attached hydrogens (primary N) is 2. The van der Waals surface area contributed by atoms with Crippen LogP contribution in [-0.4, -0.2) is 81.5 Å². The third-order valence-corrected chi connectivity index (χ3v) is 6.12. The van der Waals surface area contributed by atoms with Crippen molar-refractivity contribution in [3.63, 3.8) is 0 Å². The molecule has 204 valence electrons. The number of thioether (sulfide) groups is 1. The van der Waals surface area contributed by atoms with E-state index in [4.69, 9.17) is 11.5 Å². The van der Waals surface area contributed by atoms with Gasteiger partial charge in [-0.05, 0) is 56.6 Å². The van der Waals surface area contributed by atoms with Crippen molar-refractivity contribution in [3.05, 3.63) is 18.2 Å². The van der Waals surface area contributed by atoms with E-state index >= 15 is 0 Å². The van der Waals surface area contributed by atoms with E-state index in [1.54, 1.807) is 0 Å². The summed E-state index contributed by atoms with van der Waals surface area (Å²) in [6.45, 7) is 4.31. The molecule has 0 aliphatic rings. The number of aliphatic carboxylic acids is 1. The predicted molar refractivity (Wildman–Crippen MR) is 139 cm³/mol. The molecule has 4 unspecified atom stereocenters. The molecule has 4 atom stereocenters. The Balaban J connectivity index is 2.99. The number of H-pyrrole nitrogens is 1. The number of unbranched alkanes of at least 4 members (excludes halogenated alkanes) is 1. The van der Waals surface area contributed by atoms with Crippen molar-refractivity contribution < 1.29 is 24.3 Å². The summed E-state index contributed by atoms with van der Waals surface area (Å²) in [6, 6.07) is -3.87. The molecular weight excluding hydrogens is 486 g/mol. The summed E-state index contributed by atoms with van der Waals surface area (Å²) in [4.78, 5) is 57.3. The number of carbonyl (C=O) groups is 4. The fraction of sp³-hybridized carbons (Fsp3) is 0.696. The van der Waals surface area contributed by atoms with Crippen LogP contribution in [0.15, 0.2) is 12.5 Å². The van der Waals surface area contributed by atoms with Crippen LogP contribution in [0.3, 0.4) is 0 Å². The lowest BCUT2D eigenvalue weighted by atomic mass is 10.0. The van der Waals surface area contributed by atoms with Crippen molar-refractivity contribution in [2.24, 2.45) is 17.4 Å². The number of carboxylic acid groups (broad SMARTS) is 1. The summed E-state index contributed by atoms with van der Waals surface area (Å²) in [7, 11) is 0. The summed E-state index contributed by atoms with van der Waals surface area (Å²) in [5.74, 6) is -2.05. The Morgan fingerprint density at radius 3 is 2.22 bits per heavy atom. The summed E-state index contributed by atoms with van der Waals surface area (Å²) in [5.41, 5.74) is 12.1. The van der Waals surface area contributed by atoms with Gasteiger partial charge in [0.15, 0.2) is 0 Å². The van der Waals surface area contributed by atoms with Crippen LogP contribution >= 0.6 is 11.8 Å². The van der Waals surface area contributed by atoms with Crippen LogP contribution in [0, 0.1) is 5.92 Å². The SMILES string of the molecule is CSCCC(NC(=O)C(Cc1cnc[nH]1)NC(=O)C(N)CC(C)C)C(=O)NC(CCCCN)C(=O)O. The molecule has 1 rings (SSSR count). The highest BCUT2D eigenvalue weighted by molar-refractivity contribution is 7.98. The first-order chi connectivity index (χ1) is 17.1. The highest BCUT2D eigenvalue weighted by Gasteiger charge is 2.30. The molecule has 13 heteroatoms. The summed E-state index contributed by atoms with van der Waals surface area (Å²) in [6.07, 6.45) is 7.12. The third-order valence-electron chi connectivity index (χ3n) is 5.48. The van der Waals surface area contributed by atoms with E-state index in [1.165, 1.54) is 24.3 Å². The quantitative estimate of drug-likeness (QED) is 0.125. The molecule has 1 heterocycles. The molecule has 0 aliphatic carbocycles. The molecule has 1 aromatic rings. The average Bonchev–Trinajstić information content (AvgIpc) is 3.33. The second kappa shape index (κ2) is 16.9. The zero-order valence-electron chi connectivity index (χ0n) is 21.3. The first-order valence-corrected chi connectivity index (χ1v) is 13.5. The molecule has 0 fully saturated rings. The molecule has 3 amide bonds. The molecule has 0 aliphatic heterocycles. The van der Waals surface area contributed by atoms with E-state index in [9.17, 15) is 24.3 Å². The maximum absolute atomic E-state index is 13.2. The Hall–Kier alpha value is -2.64. The van der Waals surface area contributed by atoms with E-state index in [0.717, 1.165) is 0 Å². The van der Waals surface area contributed by atoms with Crippen LogP contribution in [0.25, 0.3) is 0 Å². The molecular formula is C23H41N7O5S. The Morgan fingerprint density at radius 1 is 1.03 bits per heavy atom. The van der Waals surface area contributed by atoms with Crippen molar-refractivity contribution in [2.45, 2.75) is 76.5 Å². The lowest BCUT2D eigenvalue weighted by Gasteiger charge is -2.25. The molecule has 36 heavy (non-hydrogen) atoms. The zero-order valence-corrected chi connectivity index (χ0v) is 22.1. The zero-order chi connectivity index (χ0) is 27.1. The minimum absolute atomic E-state index is 0.111. The van der Waals surface area contributed by atoms with Gasteiger partial charge in [0.05, 0.1) is 12.4 Å². The highest BCUT2D eigenvalue weighted by Crippen LogP contribution is 2.08. The Kier molecular flexibility index (Phi) is 14.8. The predicted octanol–water partition coefficient (Wildman–Crippen LogP) is -0.253. The fourth-order valence-electron chi connectivity index (χ4n) is 3.52. The molecule has 9 N–H and O–H groups in total. The lowest BCUT2D eigenvalue weighted by molar-refractivity contribution is -0.142. The van der Waals surface area contributed by atoms with Gasteiger partial charge in [0.25, 0.3) is 0 Å². The van der Waals surface area contributed by atoms with Crippen LogP contribution in [-0.2, 0) is 25.6 Å². The Bertz CT molecular complexity index is 822. The molecule has 0 radical (unpaired) electrons. The smallest absolute Gasteiger partial charge is 0.326 e. The second-order valence-electron chi connectivity index (χ2n) is 9.10. The van der Waals surface area contributed by atoms with Crippen molar-refractivity contribution in [3.8, 4) is 0 Å². The van der Waals surface area contributed by atoms with Crippen LogP contribution in [0.1, 0.15) is 51.6 Å². The lowest BCUT2D eigenvalue weighted by Crippen LogP contribution is -2.57. The largest absolute Gasteiger partial charge is 0.480 e. The topological polar surface area (TPSA) is 205 Å². The number of hydrogen-bond donors (Lipinski definition) is 7. The van der Waals surface area contributed by atoms with Crippen molar-refractivity contribution in [1.82, 2.24) is 25.9 Å². The van der Waals surface area contributed by atoms with Crippen LogP contribution in [0.4, 0.5) is 0 Å². The number of aromatic nitrogens is 2. The number of imidazole rings is 1. The number of rotatable bonds is 18. The Morgan fingerprint density at radius 2 is 1.67 bits per heavy atom. The van der Waals surface area contributed by atoms with Crippen molar-refractivity contribution in [2.75, 3.05) is 18.6 Å². The van der Waals surface area contributed by atoms with Gasteiger partial charge in [0, 0.05) is 18.3 Å². The van der Waals surface area contributed by atoms with E-state index < -0.39 is 47.9 Å². The molecule has 12 nitrogen and oxygen atoms in total. The maximum Gasteiger partial charge on any atom is 0.326 e. The average molecular weight is 528 g/mol. The molecule has 0 saturated heterocycles. The van der Waals surface area contributed by atoms with E-state index in [1.807, 2.05) is 20.1 Å². The first-order valence-electron chi connectivity index (χ1n) is 12.1. The van der Waals surface area contributed by atoms with Gasteiger partial charge < -0.3 is 37.5 Å². The monoisotopic (exact) mass is 527 g/mol. The molecule has 0 bridgehead atoms. The third kappa shape index (κ3) is 11.9. The van der Waals surface area contributed by atoms with Gasteiger partial charge in [-0.1, -0.05) is 13.8 Å². The fourth-order valence-corrected chi connectivity index (χ4v) is 3.99. The molecule has 0 saturated carbocycles. The molecule has 1 aromatic heterocycles. The number of amides is 3. The van der Waals surface area contributed by atoms with Gasteiger partial charge in [-0.25, -0.2) is 9.78 Å².